The monoisotopic (exact) mass is 314 g/mol. The summed E-state index contributed by atoms with van der Waals surface area (Å²) in [5.74, 6) is 1.17. The number of amides is 1. The van der Waals surface area contributed by atoms with E-state index in [1.165, 1.54) is 0 Å². The van der Waals surface area contributed by atoms with Crippen molar-refractivity contribution < 1.29 is 14.3 Å². The molecule has 122 valence electrons. The molecular formula is C18H22N2O3. The number of rotatable bonds is 6. The van der Waals surface area contributed by atoms with Crippen LogP contribution in [0.25, 0.3) is 11.1 Å². The van der Waals surface area contributed by atoms with Crippen LogP contribution in [0.15, 0.2) is 36.4 Å². The highest BCUT2D eigenvalue weighted by Crippen LogP contribution is 2.41. The summed E-state index contributed by atoms with van der Waals surface area (Å²) in [7, 11) is 6.71. The van der Waals surface area contributed by atoms with Gasteiger partial charge in [-0.05, 0) is 30.8 Å². The van der Waals surface area contributed by atoms with Crippen LogP contribution in [0.4, 0.5) is 0 Å². The number of ether oxygens (including phenoxy) is 2. The van der Waals surface area contributed by atoms with Crippen LogP contribution in [0, 0.1) is 0 Å². The number of carbonyl (C=O) groups excluding carboxylic acids is 1. The molecule has 5 heteroatoms. The first-order chi connectivity index (χ1) is 11.2. The van der Waals surface area contributed by atoms with E-state index >= 15 is 0 Å². The van der Waals surface area contributed by atoms with Gasteiger partial charge in [0, 0.05) is 24.7 Å². The van der Waals surface area contributed by atoms with Gasteiger partial charge in [0.2, 0.25) is 0 Å². The van der Waals surface area contributed by atoms with Gasteiger partial charge in [-0.15, -0.1) is 0 Å². The topological polar surface area (TPSA) is 59.6 Å². The van der Waals surface area contributed by atoms with E-state index in [-0.39, 0.29) is 5.91 Å². The quantitative estimate of drug-likeness (QED) is 0.860. The SMILES string of the molecule is CNCc1cccc(OC)c1-c1c(OC)cccc1C(=O)NC. The maximum absolute atomic E-state index is 12.3. The van der Waals surface area contributed by atoms with Gasteiger partial charge in [0.1, 0.15) is 11.5 Å². The molecule has 5 nitrogen and oxygen atoms in total. The molecule has 0 radical (unpaired) electrons. The zero-order valence-corrected chi connectivity index (χ0v) is 13.9. The zero-order chi connectivity index (χ0) is 16.8. The average molecular weight is 314 g/mol. The second-order valence-corrected chi connectivity index (χ2v) is 4.99. The number of benzene rings is 2. The van der Waals surface area contributed by atoms with Gasteiger partial charge in [-0.25, -0.2) is 0 Å². The molecule has 2 aromatic carbocycles. The van der Waals surface area contributed by atoms with Crippen molar-refractivity contribution >= 4 is 5.91 Å². The maximum Gasteiger partial charge on any atom is 0.251 e. The van der Waals surface area contributed by atoms with Gasteiger partial charge in [-0.2, -0.15) is 0 Å². The molecule has 0 aliphatic rings. The highest BCUT2D eigenvalue weighted by atomic mass is 16.5. The Balaban J connectivity index is 2.82. The molecule has 2 rings (SSSR count). The van der Waals surface area contributed by atoms with Crippen molar-refractivity contribution in [1.82, 2.24) is 10.6 Å². The van der Waals surface area contributed by atoms with Crippen molar-refractivity contribution in [3.05, 3.63) is 47.5 Å². The van der Waals surface area contributed by atoms with Crippen LogP contribution >= 0.6 is 0 Å². The minimum Gasteiger partial charge on any atom is -0.496 e. The summed E-state index contributed by atoms with van der Waals surface area (Å²) in [5.41, 5.74) is 3.17. The lowest BCUT2D eigenvalue weighted by Gasteiger charge is -2.19. The maximum atomic E-state index is 12.3. The van der Waals surface area contributed by atoms with Crippen LogP contribution in [-0.4, -0.2) is 34.2 Å². The molecule has 0 aliphatic heterocycles. The highest BCUT2D eigenvalue weighted by molar-refractivity contribution is 6.03. The molecule has 0 heterocycles. The molecular weight excluding hydrogens is 292 g/mol. The molecule has 0 atom stereocenters. The fourth-order valence-corrected chi connectivity index (χ4v) is 2.65. The molecule has 2 N–H and O–H groups in total. The smallest absolute Gasteiger partial charge is 0.251 e. The predicted molar refractivity (Wildman–Crippen MR) is 91.1 cm³/mol. The summed E-state index contributed by atoms with van der Waals surface area (Å²) < 4.78 is 11.1. The van der Waals surface area contributed by atoms with Crippen molar-refractivity contribution in [2.75, 3.05) is 28.3 Å². The molecule has 0 saturated carbocycles. The van der Waals surface area contributed by atoms with Crippen LogP contribution in [0.2, 0.25) is 0 Å². The Morgan fingerprint density at radius 2 is 1.57 bits per heavy atom. The third-order valence-corrected chi connectivity index (χ3v) is 3.67. The Hall–Kier alpha value is -2.53. The third kappa shape index (κ3) is 3.29. The summed E-state index contributed by atoms with van der Waals surface area (Å²) >= 11 is 0. The summed E-state index contributed by atoms with van der Waals surface area (Å²) in [6.45, 7) is 0.651. The largest absolute Gasteiger partial charge is 0.496 e. The van der Waals surface area contributed by atoms with E-state index in [1.54, 1.807) is 33.4 Å². The van der Waals surface area contributed by atoms with E-state index in [0.717, 1.165) is 16.7 Å². The molecule has 0 fully saturated rings. The van der Waals surface area contributed by atoms with Crippen molar-refractivity contribution in [3.63, 3.8) is 0 Å². The molecule has 1 amide bonds. The standard InChI is InChI=1S/C18H22N2O3/c1-19-11-12-7-5-9-14(22-3)16(12)17-13(18(21)20-2)8-6-10-15(17)23-4/h5-10,19H,11H2,1-4H3,(H,20,21). The highest BCUT2D eigenvalue weighted by Gasteiger charge is 2.21. The first kappa shape index (κ1) is 16.8. The van der Waals surface area contributed by atoms with Crippen molar-refractivity contribution in [1.29, 1.82) is 0 Å². The van der Waals surface area contributed by atoms with Gasteiger partial charge in [0.05, 0.1) is 19.8 Å². The minimum atomic E-state index is -0.166. The Morgan fingerprint density at radius 1 is 0.957 bits per heavy atom. The molecule has 0 saturated heterocycles. The fraction of sp³-hybridized carbons (Fsp3) is 0.278. The minimum absolute atomic E-state index is 0.166. The van der Waals surface area contributed by atoms with E-state index < -0.39 is 0 Å². The van der Waals surface area contributed by atoms with Crippen molar-refractivity contribution in [3.8, 4) is 22.6 Å². The number of hydrogen-bond donors (Lipinski definition) is 2. The summed E-state index contributed by atoms with van der Waals surface area (Å²) in [6.07, 6.45) is 0. The summed E-state index contributed by atoms with van der Waals surface area (Å²) in [6, 6.07) is 11.3. The fourth-order valence-electron chi connectivity index (χ4n) is 2.65. The van der Waals surface area contributed by atoms with Crippen molar-refractivity contribution in [2.45, 2.75) is 6.54 Å². The second-order valence-electron chi connectivity index (χ2n) is 4.99. The Kier molecular flexibility index (Phi) is 5.60. The second kappa shape index (κ2) is 7.65. The molecule has 2 aromatic rings. The number of hydrogen-bond acceptors (Lipinski definition) is 4. The zero-order valence-electron chi connectivity index (χ0n) is 13.9. The number of nitrogens with one attached hydrogen (secondary N) is 2. The predicted octanol–water partition coefficient (Wildman–Crippen LogP) is 2.45. The number of carbonyl (C=O) groups is 1. The van der Waals surface area contributed by atoms with E-state index in [2.05, 4.69) is 10.6 Å². The Bertz CT molecular complexity index is 699. The van der Waals surface area contributed by atoms with Gasteiger partial charge in [-0.1, -0.05) is 18.2 Å². The summed E-state index contributed by atoms with van der Waals surface area (Å²) in [5, 5.41) is 5.83. The van der Waals surface area contributed by atoms with Crippen LogP contribution in [-0.2, 0) is 6.54 Å². The first-order valence-electron chi connectivity index (χ1n) is 7.37. The molecule has 0 unspecified atom stereocenters. The molecule has 0 aromatic heterocycles. The van der Waals surface area contributed by atoms with Gasteiger partial charge >= 0.3 is 0 Å². The first-order valence-corrected chi connectivity index (χ1v) is 7.37. The lowest BCUT2D eigenvalue weighted by molar-refractivity contribution is 0.0963. The Labute approximate surface area is 136 Å². The van der Waals surface area contributed by atoms with Gasteiger partial charge in [-0.3, -0.25) is 4.79 Å². The van der Waals surface area contributed by atoms with E-state index in [0.29, 0.717) is 23.6 Å². The normalized spacial score (nSPS) is 10.3. The van der Waals surface area contributed by atoms with E-state index in [9.17, 15) is 4.79 Å². The van der Waals surface area contributed by atoms with Gasteiger partial charge in [0.25, 0.3) is 5.91 Å². The van der Waals surface area contributed by atoms with E-state index in [4.69, 9.17) is 9.47 Å². The van der Waals surface area contributed by atoms with Gasteiger partial charge in [0.15, 0.2) is 0 Å². The molecule has 23 heavy (non-hydrogen) atoms. The van der Waals surface area contributed by atoms with E-state index in [1.807, 2.05) is 31.3 Å². The third-order valence-electron chi connectivity index (χ3n) is 3.67. The molecule has 0 aliphatic carbocycles. The molecule has 0 bridgehead atoms. The summed E-state index contributed by atoms with van der Waals surface area (Å²) in [4.78, 5) is 12.3. The Morgan fingerprint density at radius 3 is 2.13 bits per heavy atom. The van der Waals surface area contributed by atoms with Crippen LogP contribution in [0.5, 0.6) is 11.5 Å². The van der Waals surface area contributed by atoms with Crippen LogP contribution in [0.1, 0.15) is 15.9 Å². The molecule has 0 spiro atoms. The van der Waals surface area contributed by atoms with Crippen molar-refractivity contribution in [2.24, 2.45) is 0 Å². The lowest BCUT2D eigenvalue weighted by atomic mass is 9.93. The average Bonchev–Trinajstić information content (AvgIpc) is 2.60. The lowest BCUT2D eigenvalue weighted by Crippen LogP contribution is -2.19. The van der Waals surface area contributed by atoms with Crippen LogP contribution in [0.3, 0.4) is 0 Å². The number of methoxy groups -OCH3 is 2. The van der Waals surface area contributed by atoms with Crippen LogP contribution < -0.4 is 20.1 Å². The van der Waals surface area contributed by atoms with Gasteiger partial charge < -0.3 is 20.1 Å².